The molecule has 1 aliphatic carbocycles. The predicted octanol–water partition coefficient (Wildman–Crippen LogP) is 5.32. The quantitative estimate of drug-likeness (QED) is 0.145. The van der Waals surface area contributed by atoms with Gasteiger partial charge >= 0.3 is 6.29 Å². The summed E-state index contributed by atoms with van der Waals surface area (Å²) < 4.78 is 44.0. The van der Waals surface area contributed by atoms with Crippen molar-refractivity contribution in [3.63, 3.8) is 0 Å². The number of rotatable bonds is 13. The van der Waals surface area contributed by atoms with Gasteiger partial charge in [0.05, 0.1) is 29.9 Å². The molecule has 4 aliphatic rings. The maximum absolute atomic E-state index is 13.6. The number of amides is 5. The summed E-state index contributed by atoms with van der Waals surface area (Å²) in [5, 5.41) is 14.4. The Morgan fingerprint density at radius 1 is 0.938 bits per heavy atom. The van der Waals surface area contributed by atoms with E-state index >= 15 is 0 Å². The summed E-state index contributed by atoms with van der Waals surface area (Å²) >= 11 is 0. The van der Waals surface area contributed by atoms with Crippen LogP contribution in [0, 0.1) is 6.92 Å². The van der Waals surface area contributed by atoms with Gasteiger partial charge in [0.2, 0.25) is 29.5 Å². The van der Waals surface area contributed by atoms with Crippen LogP contribution in [0.4, 0.5) is 20.5 Å². The molecular formula is C46H45F2N9O8. The number of carbonyl (C=O) groups is 5. The highest BCUT2D eigenvalue weighted by Crippen LogP contribution is 2.52. The summed E-state index contributed by atoms with van der Waals surface area (Å²) in [5.74, 6) is -0.0951. The largest absolute Gasteiger partial charge is 0.586 e. The molecule has 2 saturated heterocycles. The van der Waals surface area contributed by atoms with E-state index in [1.54, 1.807) is 53.3 Å². The number of aryl methyl sites for hydroxylation is 2. The van der Waals surface area contributed by atoms with Crippen LogP contribution in [0.25, 0.3) is 11.3 Å². The van der Waals surface area contributed by atoms with Gasteiger partial charge < -0.3 is 34.3 Å². The van der Waals surface area contributed by atoms with Crippen LogP contribution in [0.15, 0.2) is 90.0 Å². The maximum Gasteiger partial charge on any atom is 0.586 e. The molecule has 65 heavy (non-hydrogen) atoms. The van der Waals surface area contributed by atoms with Crippen LogP contribution < -0.4 is 25.0 Å². The third-order valence-corrected chi connectivity index (χ3v) is 12.3. The third-order valence-electron chi connectivity index (χ3n) is 12.3. The van der Waals surface area contributed by atoms with E-state index in [1.165, 1.54) is 28.0 Å². The van der Waals surface area contributed by atoms with Gasteiger partial charge in [-0.3, -0.25) is 28.9 Å². The molecule has 336 valence electrons. The molecule has 5 aromatic rings. The van der Waals surface area contributed by atoms with Crippen molar-refractivity contribution in [2.24, 2.45) is 0 Å². The van der Waals surface area contributed by atoms with Gasteiger partial charge in [0.15, 0.2) is 11.5 Å². The Kier molecular flexibility index (Phi) is 11.4. The number of carbonyl (C=O) groups excluding carboxylic acids is 5. The van der Waals surface area contributed by atoms with Gasteiger partial charge in [-0.15, -0.1) is 13.9 Å². The average Bonchev–Trinajstić information content (AvgIpc) is 3.58. The van der Waals surface area contributed by atoms with Crippen molar-refractivity contribution in [2.45, 2.75) is 69.7 Å². The van der Waals surface area contributed by atoms with E-state index in [0.717, 1.165) is 5.56 Å². The molecule has 3 fully saturated rings. The van der Waals surface area contributed by atoms with Gasteiger partial charge in [-0.1, -0.05) is 36.1 Å². The number of piperazine rings is 1. The van der Waals surface area contributed by atoms with E-state index in [1.807, 2.05) is 24.0 Å². The number of furan rings is 1. The number of hydrogen-bond acceptors (Lipinski definition) is 11. The second-order valence-corrected chi connectivity index (χ2v) is 16.5. The van der Waals surface area contributed by atoms with Gasteiger partial charge in [0.25, 0.3) is 5.91 Å². The van der Waals surface area contributed by atoms with Crippen LogP contribution in [0.3, 0.4) is 0 Å². The first-order chi connectivity index (χ1) is 31.3. The molecule has 0 atom stereocenters. The lowest BCUT2D eigenvalue weighted by molar-refractivity contribution is -0.286. The second-order valence-electron chi connectivity index (χ2n) is 16.5. The van der Waals surface area contributed by atoms with Crippen molar-refractivity contribution < 1.29 is 46.6 Å². The van der Waals surface area contributed by atoms with Crippen LogP contribution in [0.5, 0.6) is 11.5 Å². The molecule has 1 saturated carbocycles. The zero-order chi connectivity index (χ0) is 45.5. The van der Waals surface area contributed by atoms with Crippen LogP contribution in [0.1, 0.15) is 71.1 Å². The molecule has 9 rings (SSSR count). The molecule has 2 N–H and O–H groups in total. The van der Waals surface area contributed by atoms with Crippen molar-refractivity contribution in [1.82, 2.24) is 35.1 Å². The Hall–Kier alpha value is -7.44. The predicted molar refractivity (Wildman–Crippen MR) is 229 cm³/mol. The lowest BCUT2D eigenvalue weighted by Crippen LogP contribution is -2.52. The standard InChI is InChI=1S/C46H45F2N9O8/c1-3-38(58)55-21-22-56(40(60)27-55)41-14-10-34(63-41)9-13-39(59)54-19-15-33(16-20-54)57-26-32(52-53-57)25-49-43(61)30-6-4-5-29(23-30)42-28(2)7-12-37(50-42)51-44(62)45(17-18-45)31-8-11-35-36(24-31)65-46(47,48)64-35/h3-8,10-12,14,23-24,26,33H,1,9,13,15-22,25,27H2,2H3,(H,49,61)(H,50,51,62). The molecular weight excluding hydrogens is 845 g/mol. The minimum absolute atomic E-state index is 0.00557. The number of nitrogens with zero attached hydrogens (tertiary/aromatic N) is 7. The van der Waals surface area contributed by atoms with Gasteiger partial charge in [-0.2, -0.15) is 0 Å². The second kappa shape index (κ2) is 17.3. The Labute approximate surface area is 371 Å². The van der Waals surface area contributed by atoms with Crippen molar-refractivity contribution in [2.75, 3.05) is 42.9 Å². The lowest BCUT2D eigenvalue weighted by Gasteiger charge is -2.32. The fourth-order valence-electron chi connectivity index (χ4n) is 8.44. The first-order valence-corrected chi connectivity index (χ1v) is 21.3. The van der Waals surface area contributed by atoms with E-state index in [9.17, 15) is 32.8 Å². The topological polar surface area (TPSA) is 194 Å². The zero-order valence-corrected chi connectivity index (χ0v) is 35.4. The minimum Gasteiger partial charge on any atom is -0.445 e. The molecule has 0 unspecified atom stereocenters. The number of benzene rings is 2. The molecule has 0 radical (unpaired) electrons. The average molecular weight is 890 g/mol. The monoisotopic (exact) mass is 889 g/mol. The number of piperidine rings is 1. The number of ether oxygens (including phenoxy) is 2. The zero-order valence-electron chi connectivity index (χ0n) is 35.4. The van der Waals surface area contributed by atoms with Gasteiger partial charge in [0.1, 0.15) is 23.8 Å². The number of pyridine rings is 1. The normalized spacial score (nSPS) is 17.5. The Balaban J connectivity index is 0.741. The summed E-state index contributed by atoms with van der Waals surface area (Å²) in [6.07, 6.45) is 2.29. The van der Waals surface area contributed by atoms with Gasteiger partial charge in [-0.05, 0) is 86.2 Å². The Morgan fingerprint density at radius 2 is 1.74 bits per heavy atom. The van der Waals surface area contributed by atoms with Crippen LogP contribution in [0.2, 0.25) is 0 Å². The number of halogens is 2. The number of aromatic nitrogens is 4. The van der Waals surface area contributed by atoms with Crippen molar-refractivity contribution in [1.29, 1.82) is 0 Å². The highest BCUT2D eigenvalue weighted by molar-refractivity contribution is 6.01. The molecule has 5 amide bonds. The lowest BCUT2D eigenvalue weighted by atomic mass is 9.94. The number of nitrogens with one attached hydrogen (secondary N) is 2. The maximum atomic E-state index is 13.6. The van der Waals surface area contributed by atoms with Crippen molar-refractivity contribution in [3.05, 3.63) is 114 Å². The van der Waals surface area contributed by atoms with E-state index in [0.29, 0.717) is 104 Å². The number of anilines is 2. The van der Waals surface area contributed by atoms with E-state index in [4.69, 9.17) is 9.40 Å². The number of hydrogen-bond donors (Lipinski definition) is 2. The van der Waals surface area contributed by atoms with Crippen LogP contribution in [-0.2, 0) is 37.6 Å². The minimum atomic E-state index is -3.76. The number of alkyl halides is 2. The fraction of sp³-hybridized carbons (Fsp3) is 0.348. The van der Waals surface area contributed by atoms with E-state index in [2.05, 4.69) is 37.0 Å². The third kappa shape index (κ3) is 9.03. The highest BCUT2D eigenvalue weighted by atomic mass is 19.3. The molecule has 17 nitrogen and oxygen atoms in total. The fourth-order valence-corrected chi connectivity index (χ4v) is 8.44. The summed E-state index contributed by atoms with van der Waals surface area (Å²) in [6, 6.07) is 18.4. The van der Waals surface area contributed by atoms with Crippen LogP contribution in [-0.4, -0.2) is 98.3 Å². The smallest absolute Gasteiger partial charge is 0.445 e. The number of likely N-dealkylation sites (tertiary alicyclic amines) is 1. The SMILES string of the molecule is C=CC(=O)N1CCN(c2ccc(CCC(=O)N3CCC(n4cc(CNC(=O)c5cccc(-c6nc(NC(=O)C7(c8ccc9c(c8)OC(F)(F)O9)CC7)ccc6C)c5)nn4)CC3)o2)C(=O)C1. The molecule has 3 aromatic heterocycles. The van der Waals surface area contributed by atoms with Gasteiger partial charge in [0, 0.05) is 56.2 Å². The number of fused-ring (bicyclic) bond motifs is 1. The Bertz CT molecular complexity index is 2700. The van der Waals surface area contributed by atoms with Gasteiger partial charge in [-0.25, -0.2) is 9.67 Å². The first kappa shape index (κ1) is 42.8. The van der Waals surface area contributed by atoms with Crippen molar-refractivity contribution in [3.8, 4) is 22.8 Å². The molecule has 6 heterocycles. The summed E-state index contributed by atoms with van der Waals surface area (Å²) in [6.45, 7) is 7.23. The molecule has 3 aliphatic heterocycles. The molecule has 0 spiro atoms. The molecule has 0 bridgehead atoms. The molecule has 2 aromatic carbocycles. The summed E-state index contributed by atoms with van der Waals surface area (Å²) in [7, 11) is 0. The highest BCUT2D eigenvalue weighted by Gasteiger charge is 2.53. The van der Waals surface area contributed by atoms with E-state index in [-0.39, 0.29) is 66.6 Å². The van der Waals surface area contributed by atoms with Crippen molar-refractivity contribution >= 4 is 41.2 Å². The first-order valence-electron chi connectivity index (χ1n) is 21.3. The summed E-state index contributed by atoms with van der Waals surface area (Å²) in [4.78, 5) is 74.1. The summed E-state index contributed by atoms with van der Waals surface area (Å²) in [5.41, 5.74) is 2.65. The Morgan fingerprint density at radius 3 is 2.51 bits per heavy atom. The molecule has 19 heteroatoms. The van der Waals surface area contributed by atoms with E-state index < -0.39 is 11.7 Å². The van der Waals surface area contributed by atoms with Crippen LogP contribution >= 0.6 is 0 Å².